The molecule has 2 N–H and O–H groups in total. The number of aromatic nitrogens is 2. The van der Waals surface area contributed by atoms with Crippen LogP contribution < -0.4 is 5.73 Å². The van der Waals surface area contributed by atoms with Crippen molar-refractivity contribution in [3.05, 3.63) is 29.0 Å². The summed E-state index contributed by atoms with van der Waals surface area (Å²) in [7, 11) is 0. The molecule has 1 saturated carbocycles. The Morgan fingerprint density at radius 1 is 1.25 bits per heavy atom. The van der Waals surface area contributed by atoms with Crippen LogP contribution in [0.4, 0.5) is 0 Å². The van der Waals surface area contributed by atoms with Crippen LogP contribution in [0.15, 0.2) is 18.2 Å². The van der Waals surface area contributed by atoms with Gasteiger partial charge in [0, 0.05) is 11.6 Å². The standard InChI is InChI=1S/C16H22ClN3/c1-2-20-14-11-12(17)7-8-13(14)19-15(20)16(18)9-5-3-4-6-10-16/h7-8,11H,2-6,9-10,18H2,1H3. The highest BCUT2D eigenvalue weighted by atomic mass is 35.5. The molecule has 1 aliphatic carbocycles. The average Bonchev–Trinajstić information content (AvgIpc) is 2.66. The first-order valence-electron chi connectivity index (χ1n) is 7.59. The van der Waals surface area contributed by atoms with Crippen molar-refractivity contribution >= 4 is 22.6 Å². The van der Waals surface area contributed by atoms with E-state index >= 15 is 0 Å². The smallest absolute Gasteiger partial charge is 0.130 e. The van der Waals surface area contributed by atoms with Gasteiger partial charge in [-0.1, -0.05) is 37.3 Å². The number of imidazole rings is 1. The Morgan fingerprint density at radius 3 is 2.60 bits per heavy atom. The van der Waals surface area contributed by atoms with Crippen LogP contribution in [0.3, 0.4) is 0 Å². The average molecular weight is 292 g/mol. The van der Waals surface area contributed by atoms with Gasteiger partial charge in [0.15, 0.2) is 0 Å². The predicted octanol–water partition coefficient (Wildman–Crippen LogP) is 4.22. The van der Waals surface area contributed by atoms with Crippen LogP contribution in [0.5, 0.6) is 0 Å². The van der Waals surface area contributed by atoms with Crippen LogP contribution in [0.1, 0.15) is 51.3 Å². The highest BCUT2D eigenvalue weighted by Gasteiger charge is 2.33. The van der Waals surface area contributed by atoms with Crippen molar-refractivity contribution in [1.29, 1.82) is 0 Å². The van der Waals surface area contributed by atoms with E-state index in [-0.39, 0.29) is 5.54 Å². The minimum absolute atomic E-state index is 0.280. The number of benzene rings is 1. The van der Waals surface area contributed by atoms with Crippen molar-refractivity contribution in [2.75, 3.05) is 0 Å². The number of aryl methyl sites for hydroxylation is 1. The molecule has 0 aliphatic heterocycles. The summed E-state index contributed by atoms with van der Waals surface area (Å²) in [6.07, 6.45) is 7.04. The number of nitrogens with zero attached hydrogens (tertiary/aromatic N) is 2. The molecule has 108 valence electrons. The zero-order chi connectivity index (χ0) is 14.2. The summed E-state index contributed by atoms with van der Waals surface area (Å²) >= 11 is 6.13. The normalized spacial score (nSPS) is 19.1. The molecular formula is C16H22ClN3. The molecule has 1 aromatic carbocycles. The maximum atomic E-state index is 6.74. The lowest BCUT2D eigenvalue weighted by Gasteiger charge is -2.28. The van der Waals surface area contributed by atoms with Gasteiger partial charge in [0.2, 0.25) is 0 Å². The maximum Gasteiger partial charge on any atom is 0.130 e. The van der Waals surface area contributed by atoms with Gasteiger partial charge in [0.25, 0.3) is 0 Å². The fourth-order valence-electron chi connectivity index (χ4n) is 3.38. The van der Waals surface area contributed by atoms with Crippen LogP contribution in [0.2, 0.25) is 5.02 Å². The van der Waals surface area contributed by atoms with Crippen LogP contribution >= 0.6 is 11.6 Å². The van der Waals surface area contributed by atoms with Gasteiger partial charge in [-0.2, -0.15) is 0 Å². The first-order valence-corrected chi connectivity index (χ1v) is 7.97. The second-order valence-electron chi connectivity index (χ2n) is 5.88. The first kappa shape index (κ1) is 13.9. The van der Waals surface area contributed by atoms with Crippen LogP contribution in [0, 0.1) is 0 Å². The molecule has 1 fully saturated rings. The van der Waals surface area contributed by atoms with E-state index in [0.29, 0.717) is 0 Å². The summed E-state index contributed by atoms with van der Waals surface area (Å²) in [5, 5.41) is 0.755. The number of halogens is 1. The molecule has 0 amide bonds. The van der Waals surface area contributed by atoms with Gasteiger partial charge in [-0.25, -0.2) is 4.98 Å². The van der Waals surface area contributed by atoms with Gasteiger partial charge in [-0.3, -0.25) is 0 Å². The third kappa shape index (κ3) is 2.33. The van der Waals surface area contributed by atoms with Gasteiger partial charge in [-0.15, -0.1) is 0 Å². The van der Waals surface area contributed by atoms with E-state index in [9.17, 15) is 0 Å². The summed E-state index contributed by atoms with van der Waals surface area (Å²) in [4.78, 5) is 4.84. The molecule has 1 aromatic heterocycles. The fourth-order valence-corrected chi connectivity index (χ4v) is 3.55. The van der Waals surface area contributed by atoms with E-state index in [1.807, 2.05) is 18.2 Å². The molecule has 4 heteroatoms. The Kier molecular flexibility index (Phi) is 3.74. The van der Waals surface area contributed by atoms with Gasteiger partial charge >= 0.3 is 0 Å². The Bertz CT molecular complexity index is 609. The largest absolute Gasteiger partial charge is 0.327 e. The number of rotatable bonds is 2. The summed E-state index contributed by atoms with van der Waals surface area (Å²) in [5.41, 5.74) is 8.56. The number of hydrogen-bond acceptors (Lipinski definition) is 2. The van der Waals surface area contributed by atoms with E-state index in [1.165, 1.54) is 25.7 Å². The van der Waals surface area contributed by atoms with Crippen molar-refractivity contribution in [2.45, 2.75) is 57.5 Å². The molecule has 0 unspecified atom stereocenters. The number of fused-ring (bicyclic) bond motifs is 1. The second kappa shape index (κ2) is 5.38. The molecule has 3 nitrogen and oxygen atoms in total. The Balaban J connectivity index is 2.14. The minimum atomic E-state index is -0.280. The third-order valence-corrected chi connectivity index (χ3v) is 4.70. The third-order valence-electron chi connectivity index (χ3n) is 4.47. The van der Waals surface area contributed by atoms with Gasteiger partial charge < -0.3 is 10.3 Å². The molecule has 1 aliphatic rings. The highest BCUT2D eigenvalue weighted by molar-refractivity contribution is 6.31. The van der Waals surface area contributed by atoms with Crippen LogP contribution in [0.25, 0.3) is 11.0 Å². The molecule has 0 spiro atoms. The van der Waals surface area contributed by atoms with Crippen molar-refractivity contribution in [3.63, 3.8) is 0 Å². The Labute approximate surface area is 125 Å². The van der Waals surface area contributed by atoms with Crippen molar-refractivity contribution in [3.8, 4) is 0 Å². The molecule has 20 heavy (non-hydrogen) atoms. The lowest BCUT2D eigenvalue weighted by Crippen LogP contribution is -2.39. The summed E-state index contributed by atoms with van der Waals surface area (Å²) in [5.74, 6) is 1.04. The van der Waals surface area contributed by atoms with Crippen molar-refractivity contribution < 1.29 is 0 Å². The second-order valence-corrected chi connectivity index (χ2v) is 6.32. The fraction of sp³-hybridized carbons (Fsp3) is 0.562. The lowest BCUT2D eigenvalue weighted by atomic mass is 9.90. The lowest BCUT2D eigenvalue weighted by molar-refractivity contribution is 0.350. The van der Waals surface area contributed by atoms with E-state index in [4.69, 9.17) is 22.3 Å². The van der Waals surface area contributed by atoms with E-state index < -0.39 is 0 Å². The number of nitrogens with two attached hydrogens (primary N) is 1. The molecule has 3 rings (SSSR count). The predicted molar refractivity (Wildman–Crippen MR) is 84.0 cm³/mol. The van der Waals surface area contributed by atoms with Crippen molar-refractivity contribution in [1.82, 2.24) is 9.55 Å². The molecule has 0 bridgehead atoms. The molecular weight excluding hydrogens is 270 g/mol. The summed E-state index contributed by atoms with van der Waals surface area (Å²) in [6.45, 7) is 3.02. The molecule has 0 radical (unpaired) electrons. The quantitative estimate of drug-likeness (QED) is 0.842. The Hall–Kier alpha value is -1.06. The van der Waals surface area contributed by atoms with Crippen molar-refractivity contribution in [2.24, 2.45) is 5.73 Å². The zero-order valence-electron chi connectivity index (χ0n) is 12.0. The van der Waals surface area contributed by atoms with E-state index in [0.717, 1.165) is 41.3 Å². The maximum absolute atomic E-state index is 6.74. The van der Waals surface area contributed by atoms with Gasteiger partial charge in [0.1, 0.15) is 5.82 Å². The number of hydrogen-bond donors (Lipinski definition) is 1. The molecule has 0 atom stereocenters. The SMILES string of the molecule is CCn1c(C2(N)CCCCCC2)nc2ccc(Cl)cc21. The van der Waals surface area contributed by atoms with Gasteiger partial charge in [-0.05, 0) is 38.0 Å². The van der Waals surface area contributed by atoms with E-state index in [1.54, 1.807) is 0 Å². The molecule has 0 saturated heterocycles. The highest BCUT2D eigenvalue weighted by Crippen LogP contribution is 2.35. The zero-order valence-corrected chi connectivity index (χ0v) is 12.8. The minimum Gasteiger partial charge on any atom is -0.327 e. The Morgan fingerprint density at radius 2 is 1.95 bits per heavy atom. The van der Waals surface area contributed by atoms with Gasteiger partial charge in [0.05, 0.1) is 16.6 Å². The van der Waals surface area contributed by atoms with Crippen LogP contribution in [-0.2, 0) is 12.1 Å². The first-order chi connectivity index (χ1) is 9.64. The summed E-state index contributed by atoms with van der Waals surface area (Å²) < 4.78 is 2.24. The topological polar surface area (TPSA) is 43.8 Å². The molecule has 2 aromatic rings. The van der Waals surface area contributed by atoms with E-state index in [2.05, 4.69) is 11.5 Å². The van der Waals surface area contributed by atoms with Crippen LogP contribution in [-0.4, -0.2) is 9.55 Å². The summed E-state index contributed by atoms with van der Waals surface area (Å²) in [6, 6.07) is 5.89. The monoisotopic (exact) mass is 291 g/mol. The molecule has 1 heterocycles.